The first kappa shape index (κ1) is 19.8. The topological polar surface area (TPSA) is 79.2 Å². The van der Waals surface area contributed by atoms with E-state index in [1.165, 1.54) is 12.1 Å². The second-order valence-electron chi connectivity index (χ2n) is 6.26. The molecule has 0 aliphatic heterocycles. The highest BCUT2D eigenvalue weighted by Gasteiger charge is 2.14. The first-order chi connectivity index (χ1) is 13.6. The van der Waals surface area contributed by atoms with E-state index in [1.807, 2.05) is 60.7 Å². The van der Waals surface area contributed by atoms with Crippen LogP contribution >= 0.6 is 0 Å². The standard InChI is InChI=1S/C22H20N2O3S/c23-14-21-7-4-8-22(13-21)28(25,26)24-15-18-9-11-20(12-10-18)17-27-16-19-5-2-1-3-6-19/h1-13,24H,15-17H2. The lowest BCUT2D eigenvalue weighted by Gasteiger charge is -2.08. The fourth-order valence-corrected chi connectivity index (χ4v) is 3.67. The molecule has 0 amide bonds. The quantitative estimate of drug-likeness (QED) is 0.633. The number of sulfonamides is 1. The molecule has 142 valence electrons. The summed E-state index contributed by atoms with van der Waals surface area (Å²) in [7, 11) is -3.67. The van der Waals surface area contributed by atoms with Gasteiger partial charge >= 0.3 is 0 Å². The van der Waals surface area contributed by atoms with Gasteiger partial charge in [-0.05, 0) is 34.9 Å². The molecule has 6 heteroatoms. The average Bonchev–Trinajstić information content (AvgIpc) is 2.74. The van der Waals surface area contributed by atoms with Crippen molar-refractivity contribution < 1.29 is 13.2 Å². The summed E-state index contributed by atoms with van der Waals surface area (Å²) in [4.78, 5) is 0.0810. The number of nitrogens with zero attached hydrogens (tertiary/aromatic N) is 1. The normalized spacial score (nSPS) is 11.1. The number of rotatable bonds is 8. The van der Waals surface area contributed by atoms with Gasteiger partial charge in [0.05, 0.1) is 29.7 Å². The lowest BCUT2D eigenvalue weighted by Crippen LogP contribution is -2.23. The Bertz CT molecular complexity index is 1060. The predicted molar refractivity (Wildman–Crippen MR) is 107 cm³/mol. The Kier molecular flexibility index (Phi) is 6.56. The molecule has 28 heavy (non-hydrogen) atoms. The molecule has 3 aromatic carbocycles. The first-order valence-corrected chi connectivity index (χ1v) is 10.2. The summed E-state index contributed by atoms with van der Waals surface area (Å²) in [5, 5.41) is 8.91. The molecule has 0 aromatic heterocycles. The van der Waals surface area contributed by atoms with Crippen LogP contribution in [0.15, 0.2) is 83.8 Å². The van der Waals surface area contributed by atoms with E-state index in [-0.39, 0.29) is 11.4 Å². The van der Waals surface area contributed by atoms with Crippen molar-refractivity contribution in [3.63, 3.8) is 0 Å². The third-order valence-electron chi connectivity index (χ3n) is 4.14. The molecule has 0 spiro atoms. The van der Waals surface area contributed by atoms with E-state index in [0.717, 1.165) is 16.7 Å². The van der Waals surface area contributed by atoms with Gasteiger partial charge < -0.3 is 4.74 Å². The zero-order chi connectivity index (χ0) is 19.8. The van der Waals surface area contributed by atoms with Gasteiger partial charge in [0.25, 0.3) is 0 Å². The van der Waals surface area contributed by atoms with Gasteiger partial charge in [-0.15, -0.1) is 0 Å². The van der Waals surface area contributed by atoms with Crippen molar-refractivity contribution >= 4 is 10.0 Å². The molecule has 0 saturated heterocycles. The van der Waals surface area contributed by atoms with Crippen molar-refractivity contribution in [1.29, 1.82) is 5.26 Å². The Balaban J connectivity index is 1.53. The Labute approximate surface area is 165 Å². The zero-order valence-corrected chi connectivity index (χ0v) is 16.0. The summed E-state index contributed by atoms with van der Waals surface area (Å²) in [6.45, 7) is 1.20. The second kappa shape index (κ2) is 9.29. The Morgan fingerprint density at radius 3 is 2.14 bits per heavy atom. The highest BCUT2D eigenvalue weighted by atomic mass is 32.2. The van der Waals surface area contributed by atoms with E-state index in [9.17, 15) is 8.42 Å². The molecule has 3 rings (SSSR count). The van der Waals surface area contributed by atoms with Gasteiger partial charge in [-0.2, -0.15) is 5.26 Å². The number of hydrogen-bond acceptors (Lipinski definition) is 4. The Morgan fingerprint density at radius 2 is 1.46 bits per heavy atom. The lowest BCUT2D eigenvalue weighted by molar-refractivity contribution is 0.107. The molecule has 0 bridgehead atoms. The smallest absolute Gasteiger partial charge is 0.240 e. The molecule has 0 atom stereocenters. The zero-order valence-electron chi connectivity index (χ0n) is 15.2. The predicted octanol–water partition coefficient (Wildman–Crippen LogP) is 3.75. The number of nitriles is 1. The van der Waals surface area contributed by atoms with Crippen LogP contribution in [0.3, 0.4) is 0 Å². The van der Waals surface area contributed by atoms with Crippen LogP contribution in [0, 0.1) is 11.3 Å². The van der Waals surface area contributed by atoms with E-state index in [2.05, 4.69) is 4.72 Å². The van der Waals surface area contributed by atoms with E-state index in [4.69, 9.17) is 10.00 Å². The molecule has 0 fully saturated rings. The Morgan fingerprint density at radius 1 is 0.821 bits per heavy atom. The summed E-state index contributed by atoms with van der Waals surface area (Å²) < 4.78 is 33.0. The van der Waals surface area contributed by atoms with Gasteiger partial charge in [-0.25, -0.2) is 13.1 Å². The Hall–Kier alpha value is -2.98. The minimum absolute atomic E-state index is 0.0810. The van der Waals surface area contributed by atoms with Crippen molar-refractivity contribution in [2.45, 2.75) is 24.7 Å². The third-order valence-corrected chi connectivity index (χ3v) is 5.54. The van der Waals surface area contributed by atoms with Crippen LogP contribution in [0.2, 0.25) is 0 Å². The van der Waals surface area contributed by atoms with E-state index >= 15 is 0 Å². The van der Waals surface area contributed by atoms with Gasteiger partial charge in [0.1, 0.15) is 0 Å². The van der Waals surface area contributed by atoms with Gasteiger partial charge in [0, 0.05) is 6.54 Å². The highest BCUT2D eigenvalue weighted by Crippen LogP contribution is 2.13. The largest absolute Gasteiger partial charge is 0.372 e. The fourth-order valence-electron chi connectivity index (χ4n) is 2.61. The van der Waals surface area contributed by atoms with E-state index in [1.54, 1.807) is 12.1 Å². The van der Waals surface area contributed by atoms with Crippen LogP contribution in [-0.4, -0.2) is 8.42 Å². The fraction of sp³-hybridized carbons (Fsp3) is 0.136. The van der Waals surface area contributed by atoms with Crippen LogP contribution in [-0.2, 0) is 34.5 Å². The van der Waals surface area contributed by atoms with Gasteiger partial charge in [0.15, 0.2) is 0 Å². The number of hydrogen-bond donors (Lipinski definition) is 1. The summed E-state index contributed by atoms with van der Waals surface area (Å²) in [5.74, 6) is 0. The average molecular weight is 392 g/mol. The first-order valence-electron chi connectivity index (χ1n) is 8.76. The van der Waals surface area contributed by atoms with E-state index < -0.39 is 10.0 Å². The summed E-state index contributed by atoms with van der Waals surface area (Å²) in [5.41, 5.74) is 3.29. The minimum atomic E-state index is -3.67. The van der Waals surface area contributed by atoms with Crippen molar-refractivity contribution in [3.05, 3.63) is 101 Å². The number of ether oxygens (including phenoxy) is 1. The molecule has 0 heterocycles. The molecule has 0 aliphatic rings. The van der Waals surface area contributed by atoms with Gasteiger partial charge in [0.2, 0.25) is 10.0 Å². The van der Waals surface area contributed by atoms with Crippen LogP contribution in [0.1, 0.15) is 22.3 Å². The summed E-state index contributed by atoms with van der Waals surface area (Å²) in [6.07, 6.45) is 0. The maximum atomic E-state index is 12.4. The molecular formula is C22H20N2O3S. The van der Waals surface area contributed by atoms with Gasteiger partial charge in [-0.3, -0.25) is 0 Å². The third kappa shape index (κ3) is 5.51. The summed E-state index contributed by atoms with van der Waals surface area (Å²) in [6, 6.07) is 25.4. The lowest BCUT2D eigenvalue weighted by atomic mass is 10.1. The van der Waals surface area contributed by atoms with E-state index in [0.29, 0.717) is 18.8 Å². The van der Waals surface area contributed by atoms with Crippen molar-refractivity contribution in [1.82, 2.24) is 4.72 Å². The minimum Gasteiger partial charge on any atom is -0.372 e. The monoisotopic (exact) mass is 392 g/mol. The molecule has 0 aliphatic carbocycles. The molecule has 0 unspecified atom stereocenters. The molecule has 5 nitrogen and oxygen atoms in total. The van der Waals surface area contributed by atoms with Crippen molar-refractivity contribution in [2.24, 2.45) is 0 Å². The highest BCUT2D eigenvalue weighted by molar-refractivity contribution is 7.89. The van der Waals surface area contributed by atoms with Crippen molar-refractivity contribution in [2.75, 3.05) is 0 Å². The van der Waals surface area contributed by atoms with Crippen molar-refractivity contribution in [3.8, 4) is 6.07 Å². The van der Waals surface area contributed by atoms with Crippen LogP contribution in [0.25, 0.3) is 0 Å². The molecule has 3 aromatic rings. The van der Waals surface area contributed by atoms with Crippen LogP contribution < -0.4 is 4.72 Å². The molecule has 1 N–H and O–H groups in total. The second-order valence-corrected chi connectivity index (χ2v) is 8.03. The number of benzene rings is 3. The summed E-state index contributed by atoms with van der Waals surface area (Å²) >= 11 is 0. The molecule has 0 saturated carbocycles. The maximum absolute atomic E-state index is 12.4. The molecular weight excluding hydrogens is 372 g/mol. The number of nitrogens with one attached hydrogen (secondary N) is 1. The van der Waals surface area contributed by atoms with Gasteiger partial charge in [-0.1, -0.05) is 60.7 Å². The molecule has 0 radical (unpaired) electrons. The van der Waals surface area contributed by atoms with Crippen LogP contribution in [0.4, 0.5) is 0 Å². The SMILES string of the molecule is N#Cc1cccc(S(=O)(=O)NCc2ccc(COCc3ccccc3)cc2)c1. The maximum Gasteiger partial charge on any atom is 0.240 e. The van der Waals surface area contributed by atoms with Crippen LogP contribution in [0.5, 0.6) is 0 Å².